The molecule has 3 nitrogen and oxygen atoms in total. The van der Waals surface area contributed by atoms with E-state index in [9.17, 15) is 4.79 Å². The van der Waals surface area contributed by atoms with E-state index < -0.39 is 0 Å². The van der Waals surface area contributed by atoms with Crippen molar-refractivity contribution in [2.75, 3.05) is 13.1 Å². The van der Waals surface area contributed by atoms with Crippen LogP contribution in [0.25, 0.3) is 0 Å². The third-order valence-corrected chi connectivity index (χ3v) is 3.49. The van der Waals surface area contributed by atoms with Gasteiger partial charge in [-0.3, -0.25) is 4.79 Å². The van der Waals surface area contributed by atoms with Gasteiger partial charge in [-0.25, -0.2) is 0 Å². The highest BCUT2D eigenvalue weighted by Crippen LogP contribution is 2.24. The van der Waals surface area contributed by atoms with Gasteiger partial charge >= 0.3 is 0 Å². The SMILES string of the molecule is CC1CN(C(=O)c2ccc(Br)o2)CC1C. The topological polar surface area (TPSA) is 33.5 Å². The lowest BCUT2D eigenvalue weighted by Gasteiger charge is -2.13. The van der Waals surface area contributed by atoms with Crippen LogP contribution >= 0.6 is 15.9 Å². The molecule has 1 saturated heterocycles. The number of likely N-dealkylation sites (tertiary alicyclic amines) is 1. The predicted molar refractivity (Wildman–Crippen MR) is 60.6 cm³/mol. The van der Waals surface area contributed by atoms with Crippen LogP contribution in [0.1, 0.15) is 24.4 Å². The normalized spacial score (nSPS) is 25.9. The van der Waals surface area contributed by atoms with E-state index in [1.54, 1.807) is 12.1 Å². The number of rotatable bonds is 1. The maximum atomic E-state index is 12.0. The molecule has 1 aliphatic heterocycles. The first kappa shape index (κ1) is 10.7. The quantitative estimate of drug-likeness (QED) is 0.787. The van der Waals surface area contributed by atoms with Crippen LogP contribution in [0.4, 0.5) is 0 Å². The molecular formula is C11H14BrNO2. The molecule has 2 atom stereocenters. The molecule has 2 heterocycles. The number of hydrogen-bond donors (Lipinski definition) is 0. The van der Waals surface area contributed by atoms with Crippen molar-refractivity contribution in [1.29, 1.82) is 0 Å². The summed E-state index contributed by atoms with van der Waals surface area (Å²) >= 11 is 3.20. The second-order valence-corrected chi connectivity index (χ2v) is 5.05. The standard InChI is InChI=1S/C11H14BrNO2/c1-7-5-13(6-8(7)2)11(14)9-3-4-10(12)15-9/h3-4,7-8H,5-6H2,1-2H3. The van der Waals surface area contributed by atoms with Crippen molar-refractivity contribution in [3.05, 3.63) is 22.6 Å². The van der Waals surface area contributed by atoms with E-state index in [2.05, 4.69) is 29.8 Å². The average molecular weight is 272 g/mol. The van der Waals surface area contributed by atoms with Gasteiger partial charge in [-0.1, -0.05) is 13.8 Å². The van der Waals surface area contributed by atoms with E-state index >= 15 is 0 Å². The van der Waals surface area contributed by atoms with Crippen molar-refractivity contribution >= 4 is 21.8 Å². The van der Waals surface area contributed by atoms with Crippen LogP contribution in [-0.4, -0.2) is 23.9 Å². The number of halogens is 1. The lowest BCUT2D eigenvalue weighted by atomic mass is 10.0. The summed E-state index contributed by atoms with van der Waals surface area (Å²) in [6.07, 6.45) is 0. The van der Waals surface area contributed by atoms with Crippen LogP contribution in [0.3, 0.4) is 0 Å². The molecule has 2 unspecified atom stereocenters. The molecule has 1 amide bonds. The van der Waals surface area contributed by atoms with Crippen LogP contribution in [0.5, 0.6) is 0 Å². The summed E-state index contributed by atoms with van der Waals surface area (Å²) in [4.78, 5) is 13.8. The van der Waals surface area contributed by atoms with Crippen LogP contribution in [0.2, 0.25) is 0 Å². The molecule has 0 radical (unpaired) electrons. The fourth-order valence-electron chi connectivity index (χ4n) is 1.88. The fraction of sp³-hybridized carbons (Fsp3) is 0.545. The summed E-state index contributed by atoms with van der Waals surface area (Å²) in [6, 6.07) is 3.45. The highest BCUT2D eigenvalue weighted by molar-refractivity contribution is 9.10. The van der Waals surface area contributed by atoms with Gasteiger partial charge in [0.25, 0.3) is 5.91 Å². The first-order chi connectivity index (χ1) is 7.08. The molecular weight excluding hydrogens is 258 g/mol. The molecule has 0 N–H and O–H groups in total. The van der Waals surface area contributed by atoms with Crippen molar-refractivity contribution in [2.24, 2.45) is 11.8 Å². The Bertz CT molecular complexity index is 364. The predicted octanol–water partition coefficient (Wildman–Crippen LogP) is 2.77. The first-order valence-electron chi connectivity index (χ1n) is 5.12. The second-order valence-electron chi connectivity index (χ2n) is 4.27. The molecule has 0 saturated carbocycles. The summed E-state index contributed by atoms with van der Waals surface area (Å²) in [6.45, 7) is 6.02. The molecule has 0 spiro atoms. The lowest BCUT2D eigenvalue weighted by molar-refractivity contribution is 0.0752. The first-order valence-corrected chi connectivity index (χ1v) is 5.92. The minimum Gasteiger partial charge on any atom is -0.444 e. The average Bonchev–Trinajstić information content (AvgIpc) is 2.74. The number of nitrogens with zero attached hydrogens (tertiary/aromatic N) is 1. The van der Waals surface area contributed by atoms with E-state index in [1.165, 1.54) is 0 Å². The van der Waals surface area contributed by atoms with Crippen molar-refractivity contribution in [3.63, 3.8) is 0 Å². The van der Waals surface area contributed by atoms with E-state index in [1.807, 2.05) is 4.90 Å². The lowest BCUT2D eigenvalue weighted by Crippen LogP contribution is -2.28. The Morgan fingerprint density at radius 3 is 2.47 bits per heavy atom. The van der Waals surface area contributed by atoms with Gasteiger partial charge in [-0.2, -0.15) is 0 Å². The molecule has 0 aliphatic carbocycles. The van der Waals surface area contributed by atoms with Crippen LogP contribution in [0, 0.1) is 11.8 Å². The Hall–Kier alpha value is -0.770. The van der Waals surface area contributed by atoms with Crippen LogP contribution < -0.4 is 0 Å². The third-order valence-electron chi connectivity index (χ3n) is 3.06. The highest BCUT2D eigenvalue weighted by Gasteiger charge is 2.31. The number of furan rings is 1. The van der Waals surface area contributed by atoms with Crippen molar-refractivity contribution in [1.82, 2.24) is 4.90 Å². The molecule has 82 valence electrons. The van der Waals surface area contributed by atoms with Gasteiger partial charge in [0.1, 0.15) is 0 Å². The number of carbonyl (C=O) groups excluding carboxylic acids is 1. The fourth-order valence-corrected chi connectivity index (χ4v) is 2.19. The minimum atomic E-state index is -0.00287. The Kier molecular flexibility index (Phi) is 2.87. The van der Waals surface area contributed by atoms with Crippen molar-refractivity contribution < 1.29 is 9.21 Å². The molecule has 2 rings (SSSR count). The molecule has 4 heteroatoms. The van der Waals surface area contributed by atoms with Crippen LogP contribution in [-0.2, 0) is 0 Å². The van der Waals surface area contributed by atoms with E-state index in [0.717, 1.165) is 13.1 Å². The largest absolute Gasteiger partial charge is 0.444 e. The molecule has 1 fully saturated rings. The van der Waals surface area contributed by atoms with Crippen LogP contribution in [0.15, 0.2) is 21.2 Å². The molecule has 1 aliphatic rings. The maximum Gasteiger partial charge on any atom is 0.289 e. The van der Waals surface area contributed by atoms with Gasteiger partial charge in [0.2, 0.25) is 0 Å². The van der Waals surface area contributed by atoms with Crippen molar-refractivity contribution in [3.8, 4) is 0 Å². The zero-order valence-corrected chi connectivity index (χ0v) is 10.5. The maximum absolute atomic E-state index is 12.0. The van der Waals surface area contributed by atoms with Gasteiger partial charge in [0.05, 0.1) is 0 Å². The molecule has 1 aromatic heterocycles. The van der Waals surface area contributed by atoms with Gasteiger partial charge < -0.3 is 9.32 Å². The molecule has 0 aromatic carbocycles. The number of hydrogen-bond acceptors (Lipinski definition) is 2. The van der Waals surface area contributed by atoms with Gasteiger partial charge in [-0.05, 0) is 39.9 Å². The van der Waals surface area contributed by atoms with E-state index in [4.69, 9.17) is 4.42 Å². The molecule has 1 aromatic rings. The van der Waals surface area contributed by atoms with Gasteiger partial charge in [-0.15, -0.1) is 0 Å². The number of carbonyl (C=O) groups is 1. The summed E-state index contributed by atoms with van der Waals surface area (Å²) < 4.78 is 5.86. The van der Waals surface area contributed by atoms with E-state index in [0.29, 0.717) is 22.3 Å². The minimum absolute atomic E-state index is 0.00287. The summed E-state index contributed by atoms with van der Waals surface area (Å²) in [5.41, 5.74) is 0. The Morgan fingerprint density at radius 1 is 1.40 bits per heavy atom. The van der Waals surface area contributed by atoms with E-state index in [-0.39, 0.29) is 5.91 Å². The highest BCUT2D eigenvalue weighted by atomic mass is 79.9. The molecule has 15 heavy (non-hydrogen) atoms. The monoisotopic (exact) mass is 271 g/mol. The zero-order valence-electron chi connectivity index (χ0n) is 8.87. The van der Waals surface area contributed by atoms with Gasteiger partial charge in [0, 0.05) is 13.1 Å². The third kappa shape index (κ3) is 2.09. The summed E-state index contributed by atoms with van der Waals surface area (Å²) in [5, 5.41) is 0. The van der Waals surface area contributed by atoms with Crippen molar-refractivity contribution in [2.45, 2.75) is 13.8 Å². The Balaban J connectivity index is 2.10. The van der Waals surface area contributed by atoms with Gasteiger partial charge in [0.15, 0.2) is 10.4 Å². The smallest absolute Gasteiger partial charge is 0.289 e. The molecule has 0 bridgehead atoms. The summed E-state index contributed by atoms with van der Waals surface area (Å²) in [7, 11) is 0. The second kappa shape index (κ2) is 4.00. The number of amides is 1. The summed E-state index contributed by atoms with van der Waals surface area (Å²) in [5.74, 6) is 1.57. The Labute approximate surface area is 97.6 Å². The zero-order chi connectivity index (χ0) is 11.0. The Morgan fingerprint density at radius 2 is 2.00 bits per heavy atom.